The molecule has 2 rings (SSSR count). The maximum atomic E-state index is 12.6. The summed E-state index contributed by atoms with van der Waals surface area (Å²) in [6.45, 7) is 10.2. The molecule has 0 saturated heterocycles. The van der Waals surface area contributed by atoms with Crippen molar-refractivity contribution in [2.45, 2.75) is 6.92 Å². The molecule has 1 N–H and O–H groups in total. The lowest BCUT2D eigenvalue weighted by molar-refractivity contribution is 1.02. The van der Waals surface area contributed by atoms with E-state index < -0.39 is 0 Å². The fraction of sp³-hybridized carbons (Fsp3) is 0.188. The molecule has 2 aromatic rings. The summed E-state index contributed by atoms with van der Waals surface area (Å²) in [5.74, 6) is 0.511. The second-order valence-corrected chi connectivity index (χ2v) is 4.57. The molecular formula is C16H18N4O. The molecule has 0 aromatic carbocycles. The molecule has 0 aliphatic heterocycles. The Morgan fingerprint density at radius 3 is 2.90 bits per heavy atom. The van der Waals surface area contributed by atoms with Crippen LogP contribution in [0, 0.1) is 6.92 Å². The number of anilines is 1. The summed E-state index contributed by atoms with van der Waals surface area (Å²) in [6, 6.07) is 3.74. The second-order valence-electron chi connectivity index (χ2n) is 4.57. The van der Waals surface area contributed by atoms with Crippen molar-refractivity contribution in [1.82, 2.24) is 9.38 Å². The Morgan fingerprint density at radius 2 is 2.19 bits per heavy atom. The van der Waals surface area contributed by atoms with Gasteiger partial charge in [-0.05, 0) is 18.6 Å². The molecule has 0 radical (unpaired) electrons. The quantitative estimate of drug-likeness (QED) is 0.653. The minimum absolute atomic E-state index is 0.150. The highest BCUT2D eigenvalue weighted by Gasteiger charge is 2.10. The topological polar surface area (TPSA) is 58.8 Å². The van der Waals surface area contributed by atoms with Crippen molar-refractivity contribution >= 4 is 17.7 Å². The van der Waals surface area contributed by atoms with Gasteiger partial charge >= 0.3 is 0 Å². The van der Waals surface area contributed by atoms with Gasteiger partial charge in [0.1, 0.15) is 17.0 Å². The van der Waals surface area contributed by atoms with E-state index in [1.54, 1.807) is 18.3 Å². The van der Waals surface area contributed by atoms with E-state index in [0.29, 0.717) is 30.1 Å². The second kappa shape index (κ2) is 6.65. The van der Waals surface area contributed by atoms with Crippen molar-refractivity contribution in [2.75, 3.05) is 18.4 Å². The van der Waals surface area contributed by atoms with Crippen LogP contribution in [0.15, 0.2) is 53.4 Å². The number of aryl methyl sites for hydroxylation is 1. The van der Waals surface area contributed by atoms with Gasteiger partial charge in [-0.15, -0.1) is 13.2 Å². The molecular weight excluding hydrogens is 264 g/mol. The van der Waals surface area contributed by atoms with Crippen LogP contribution in [0.25, 0.3) is 5.65 Å². The average molecular weight is 282 g/mol. The largest absolute Gasteiger partial charge is 0.366 e. The maximum absolute atomic E-state index is 12.6. The summed E-state index contributed by atoms with van der Waals surface area (Å²) in [5.41, 5.74) is 1.87. The van der Waals surface area contributed by atoms with Crippen LogP contribution in [0.2, 0.25) is 0 Å². The van der Waals surface area contributed by atoms with Crippen LogP contribution in [-0.2, 0) is 0 Å². The lowest BCUT2D eigenvalue weighted by Crippen LogP contribution is -2.22. The van der Waals surface area contributed by atoms with Gasteiger partial charge in [-0.3, -0.25) is 14.2 Å². The minimum Gasteiger partial charge on any atom is -0.366 e. The number of fused-ring (bicyclic) bond motifs is 1. The summed E-state index contributed by atoms with van der Waals surface area (Å²) in [6.07, 6.45) is 6.69. The van der Waals surface area contributed by atoms with E-state index in [4.69, 9.17) is 0 Å². The van der Waals surface area contributed by atoms with Gasteiger partial charge in [0, 0.05) is 19.0 Å². The van der Waals surface area contributed by atoms with Gasteiger partial charge in [0.25, 0.3) is 5.56 Å². The number of aliphatic imine (C=N–C) groups is 1. The number of rotatable bonds is 6. The zero-order valence-electron chi connectivity index (χ0n) is 12.0. The number of aromatic nitrogens is 2. The SMILES string of the molecule is C=CCN=Cc1c(NCC=C)nc2ccc(C)cn2c1=O. The van der Waals surface area contributed by atoms with E-state index >= 15 is 0 Å². The van der Waals surface area contributed by atoms with E-state index in [0.717, 1.165) is 5.56 Å². The Kier molecular flexibility index (Phi) is 4.66. The van der Waals surface area contributed by atoms with Crippen LogP contribution in [0.4, 0.5) is 5.82 Å². The molecule has 0 saturated carbocycles. The number of nitrogens with one attached hydrogen (secondary N) is 1. The van der Waals surface area contributed by atoms with Gasteiger partial charge in [0.05, 0.1) is 6.54 Å². The van der Waals surface area contributed by atoms with Gasteiger partial charge in [0.15, 0.2) is 0 Å². The number of hydrogen-bond donors (Lipinski definition) is 1. The Morgan fingerprint density at radius 1 is 1.38 bits per heavy atom. The zero-order chi connectivity index (χ0) is 15.2. The molecule has 0 aliphatic rings. The molecule has 5 nitrogen and oxygen atoms in total. The summed E-state index contributed by atoms with van der Waals surface area (Å²) >= 11 is 0. The average Bonchev–Trinajstić information content (AvgIpc) is 2.48. The molecule has 0 bridgehead atoms. The highest BCUT2D eigenvalue weighted by molar-refractivity contribution is 5.86. The van der Waals surface area contributed by atoms with Crippen LogP contribution < -0.4 is 10.9 Å². The van der Waals surface area contributed by atoms with Crippen molar-refractivity contribution in [1.29, 1.82) is 0 Å². The monoisotopic (exact) mass is 282 g/mol. The van der Waals surface area contributed by atoms with Gasteiger partial charge in [-0.25, -0.2) is 4.98 Å². The van der Waals surface area contributed by atoms with Crippen LogP contribution >= 0.6 is 0 Å². The number of hydrogen-bond acceptors (Lipinski definition) is 4. The molecule has 0 unspecified atom stereocenters. The molecule has 0 aliphatic carbocycles. The number of nitrogens with zero attached hydrogens (tertiary/aromatic N) is 3. The Balaban J connectivity index is 2.64. The van der Waals surface area contributed by atoms with Gasteiger partial charge in [0.2, 0.25) is 0 Å². The molecule has 2 heterocycles. The summed E-state index contributed by atoms with van der Waals surface area (Å²) in [7, 11) is 0. The Hall–Kier alpha value is -2.69. The molecule has 2 aromatic heterocycles. The molecule has 0 fully saturated rings. The Bertz CT molecular complexity index is 759. The first kappa shape index (κ1) is 14.7. The van der Waals surface area contributed by atoms with Crippen LogP contribution in [0.5, 0.6) is 0 Å². The third kappa shape index (κ3) is 3.25. The standard InChI is InChI=1S/C16H18N4O/c1-4-8-17-10-13-15(18-9-5-2)19-14-7-6-12(3)11-20(14)16(13)21/h4-7,10-11,18H,1-2,8-9H2,3H3. The van der Waals surface area contributed by atoms with Crippen LogP contribution in [0.1, 0.15) is 11.1 Å². The molecule has 0 atom stereocenters. The lowest BCUT2D eigenvalue weighted by atomic mass is 10.2. The third-order valence-electron chi connectivity index (χ3n) is 2.87. The predicted octanol–water partition coefficient (Wildman–Crippen LogP) is 2.21. The van der Waals surface area contributed by atoms with Gasteiger partial charge in [-0.1, -0.05) is 18.2 Å². The smallest absolute Gasteiger partial charge is 0.268 e. The predicted molar refractivity (Wildman–Crippen MR) is 87.5 cm³/mol. The fourth-order valence-electron chi connectivity index (χ4n) is 1.90. The van der Waals surface area contributed by atoms with E-state index in [1.807, 2.05) is 19.1 Å². The van der Waals surface area contributed by atoms with E-state index in [2.05, 4.69) is 28.5 Å². The molecule has 108 valence electrons. The normalized spacial score (nSPS) is 10.9. The van der Waals surface area contributed by atoms with Crippen molar-refractivity contribution in [3.05, 3.63) is 65.1 Å². The van der Waals surface area contributed by atoms with E-state index in [1.165, 1.54) is 10.6 Å². The highest BCUT2D eigenvalue weighted by Crippen LogP contribution is 2.10. The first-order valence-corrected chi connectivity index (χ1v) is 6.66. The first-order chi connectivity index (χ1) is 10.2. The summed E-state index contributed by atoms with van der Waals surface area (Å²) < 4.78 is 1.53. The fourth-order valence-corrected chi connectivity index (χ4v) is 1.90. The third-order valence-corrected chi connectivity index (χ3v) is 2.87. The zero-order valence-corrected chi connectivity index (χ0v) is 12.0. The van der Waals surface area contributed by atoms with Crippen LogP contribution in [-0.4, -0.2) is 28.7 Å². The Labute approximate surface area is 123 Å². The van der Waals surface area contributed by atoms with E-state index in [-0.39, 0.29) is 5.56 Å². The molecule has 0 spiro atoms. The highest BCUT2D eigenvalue weighted by atomic mass is 16.1. The first-order valence-electron chi connectivity index (χ1n) is 6.66. The minimum atomic E-state index is -0.150. The number of pyridine rings is 1. The van der Waals surface area contributed by atoms with Gasteiger partial charge < -0.3 is 5.32 Å². The van der Waals surface area contributed by atoms with Gasteiger partial charge in [-0.2, -0.15) is 0 Å². The lowest BCUT2D eigenvalue weighted by Gasteiger charge is -2.09. The van der Waals surface area contributed by atoms with Crippen molar-refractivity contribution in [3.63, 3.8) is 0 Å². The summed E-state index contributed by atoms with van der Waals surface area (Å²) in [4.78, 5) is 21.2. The van der Waals surface area contributed by atoms with Crippen molar-refractivity contribution in [3.8, 4) is 0 Å². The molecule has 0 amide bonds. The molecule has 21 heavy (non-hydrogen) atoms. The van der Waals surface area contributed by atoms with Crippen molar-refractivity contribution < 1.29 is 0 Å². The van der Waals surface area contributed by atoms with Crippen molar-refractivity contribution in [2.24, 2.45) is 4.99 Å². The maximum Gasteiger partial charge on any atom is 0.268 e. The molecule has 5 heteroatoms. The van der Waals surface area contributed by atoms with E-state index in [9.17, 15) is 4.79 Å². The summed E-state index contributed by atoms with van der Waals surface area (Å²) in [5, 5.41) is 3.08. The van der Waals surface area contributed by atoms with Crippen LogP contribution in [0.3, 0.4) is 0 Å².